The molecule has 17 heavy (non-hydrogen) atoms. The smallest absolute Gasteiger partial charge is 0.252 e. The third-order valence-electron chi connectivity index (χ3n) is 3.28. The largest absolute Gasteiger partial charge is 0.492 e. The summed E-state index contributed by atoms with van der Waals surface area (Å²) >= 11 is 0. The van der Waals surface area contributed by atoms with Gasteiger partial charge < -0.3 is 10.5 Å². The first kappa shape index (κ1) is 10.4. The van der Waals surface area contributed by atoms with Crippen molar-refractivity contribution in [3.8, 4) is 5.75 Å². The SMILES string of the molecule is Cc1cc2c(c3ccc(=O)n(CN)c13)OCC2. The van der Waals surface area contributed by atoms with E-state index in [0.717, 1.165) is 35.2 Å². The zero-order valence-electron chi connectivity index (χ0n) is 9.69. The maximum absolute atomic E-state index is 11.8. The van der Waals surface area contributed by atoms with Crippen molar-refractivity contribution in [2.24, 2.45) is 5.73 Å². The van der Waals surface area contributed by atoms with E-state index < -0.39 is 0 Å². The molecule has 1 aromatic carbocycles. The number of ether oxygens (including phenoxy) is 1. The second-order valence-corrected chi connectivity index (χ2v) is 4.32. The van der Waals surface area contributed by atoms with Crippen LogP contribution in [-0.4, -0.2) is 11.2 Å². The summed E-state index contributed by atoms with van der Waals surface area (Å²) in [6, 6.07) is 5.48. The van der Waals surface area contributed by atoms with Crippen molar-refractivity contribution < 1.29 is 4.74 Å². The Morgan fingerprint density at radius 1 is 1.47 bits per heavy atom. The summed E-state index contributed by atoms with van der Waals surface area (Å²) in [5.74, 6) is 0.910. The third-order valence-corrected chi connectivity index (χ3v) is 3.28. The van der Waals surface area contributed by atoms with Gasteiger partial charge in [-0.15, -0.1) is 0 Å². The summed E-state index contributed by atoms with van der Waals surface area (Å²) in [6.07, 6.45) is 0.938. The summed E-state index contributed by atoms with van der Waals surface area (Å²) in [7, 11) is 0. The second kappa shape index (κ2) is 3.60. The van der Waals surface area contributed by atoms with Gasteiger partial charge in [0.25, 0.3) is 5.56 Å². The standard InChI is InChI=1S/C13H14N2O2/c1-8-6-9-4-5-17-13(9)10-2-3-11(16)15(7-14)12(8)10/h2-3,6H,4-5,7,14H2,1H3. The van der Waals surface area contributed by atoms with Crippen LogP contribution in [0.2, 0.25) is 0 Å². The van der Waals surface area contributed by atoms with Crippen molar-refractivity contribution in [3.63, 3.8) is 0 Å². The van der Waals surface area contributed by atoms with Crippen LogP contribution in [0, 0.1) is 6.92 Å². The predicted molar refractivity (Wildman–Crippen MR) is 66.3 cm³/mol. The monoisotopic (exact) mass is 230 g/mol. The fourth-order valence-electron chi connectivity index (χ4n) is 2.56. The molecule has 0 aliphatic carbocycles. The van der Waals surface area contributed by atoms with Crippen LogP contribution < -0.4 is 16.0 Å². The number of hydrogen-bond donors (Lipinski definition) is 1. The number of pyridine rings is 1. The average Bonchev–Trinajstić information content (AvgIpc) is 2.77. The van der Waals surface area contributed by atoms with Gasteiger partial charge in [-0.3, -0.25) is 9.36 Å². The normalized spacial score (nSPS) is 13.8. The highest BCUT2D eigenvalue weighted by Crippen LogP contribution is 2.35. The number of fused-ring (bicyclic) bond motifs is 3. The van der Waals surface area contributed by atoms with Crippen molar-refractivity contribution in [2.45, 2.75) is 20.0 Å². The molecule has 0 radical (unpaired) electrons. The molecule has 0 saturated heterocycles. The molecular weight excluding hydrogens is 216 g/mol. The molecule has 2 aromatic rings. The quantitative estimate of drug-likeness (QED) is 0.799. The van der Waals surface area contributed by atoms with Crippen LogP contribution >= 0.6 is 0 Å². The number of nitrogens with zero attached hydrogens (tertiary/aromatic N) is 1. The highest BCUT2D eigenvalue weighted by molar-refractivity contribution is 5.90. The first-order valence-electron chi connectivity index (χ1n) is 5.71. The summed E-state index contributed by atoms with van der Waals surface area (Å²) in [6.45, 7) is 2.91. The third kappa shape index (κ3) is 1.37. The van der Waals surface area contributed by atoms with Gasteiger partial charge in [0.1, 0.15) is 5.75 Å². The van der Waals surface area contributed by atoms with E-state index in [-0.39, 0.29) is 12.2 Å². The van der Waals surface area contributed by atoms with E-state index in [4.69, 9.17) is 10.5 Å². The first-order chi connectivity index (χ1) is 8.22. The van der Waals surface area contributed by atoms with Gasteiger partial charge >= 0.3 is 0 Å². The molecule has 0 bridgehead atoms. The molecule has 1 aliphatic rings. The highest BCUT2D eigenvalue weighted by atomic mass is 16.5. The van der Waals surface area contributed by atoms with Crippen molar-refractivity contribution >= 4 is 10.9 Å². The van der Waals surface area contributed by atoms with Gasteiger partial charge in [0.2, 0.25) is 0 Å². The molecule has 88 valence electrons. The number of hydrogen-bond acceptors (Lipinski definition) is 3. The maximum atomic E-state index is 11.8. The number of aryl methyl sites for hydroxylation is 1. The lowest BCUT2D eigenvalue weighted by molar-refractivity contribution is 0.360. The average molecular weight is 230 g/mol. The number of nitrogens with two attached hydrogens (primary N) is 1. The summed E-state index contributed by atoms with van der Waals surface area (Å²) < 4.78 is 7.24. The van der Waals surface area contributed by atoms with E-state index in [1.807, 2.05) is 13.0 Å². The Morgan fingerprint density at radius 2 is 2.29 bits per heavy atom. The van der Waals surface area contributed by atoms with Crippen molar-refractivity contribution in [1.82, 2.24) is 4.57 Å². The van der Waals surface area contributed by atoms with Crippen molar-refractivity contribution in [2.75, 3.05) is 6.61 Å². The number of aromatic nitrogens is 1. The molecule has 0 amide bonds. The molecule has 1 aromatic heterocycles. The van der Waals surface area contributed by atoms with Gasteiger partial charge in [-0.25, -0.2) is 0 Å². The summed E-state index contributed by atoms with van der Waals surface area (Å²) in [5, 5.41) is 0.988. The molecule has 4 heteroatoms. The van der Waals surface area contributed by atoms with E-state index in [1.165, 1.54) is 5.56 Å². The van der Waals surface area contributed by atoms with Gasteiger partial charge in [0, 0.05) is 17.9 Å². The lowest BCUT2D eigenvalue weighted by Gasteiger charge is -2.13. The first-order valence-corrected chi connectivity index (χ1v) is 5.71. The molecule has 3 rings (SSSR count). The van der Waals surface area contributed by atoms with Crippen LogP contribution in [0.15, 0.2) is 23.0 Å². The lowest BCUT2D eigenvalue weighted by atomic mass is 10.0. The Balaban J connectivity index is 2.50. The van der Waals surface area contributed by atoms with Crippen molar-refractivity contribution in [3.05, 3.63) is 39.7 Å². The molecule has 0 unspecified atom stereocenters. The van der Waals surface area contributed by atoms with E-state index in [1.54, 1.807) is 10.6 Å². The Labute approximate surface area is 98.6 Å². The van der Waals surface area contributed by atoms with Crippen molar-refractivity contribution in [1.29, 1.82) is 0 Å². The van der Waals surface area contributed by atoms with Gasteiger partial charge in [-0.05, 0) is 24.1 Å². The summed E-state index contributed by atoms with van der Waals surface area (Å²) in [5.41, 5.74) is 8.77. The lowest BCUT2D eigenvalue weighted by Crippen LogP contribution is -2.24. The van der Waals surface area contributed by atoms with E-state index in [2.05, 4.69) is 6.07 Å². The second-order valence-electron chi connectivity index (χ2n) is 4.32. The predicted octanol–water partition coefficient (Wildman–Crippen LogP) is 1.16. The van der Waals surface area contributed by atoms with Gasteiger partial charge in [-0.2, -0.15) is 0 Å². The molecule has 0 saturated carbocycles. The Kier molecular flexibility index (Phi) is 2.19. The molecule has 0 spiro atoms. The Bertz CT molecular complexity index is 658. The minimum atomic E-state index is -0.0685. The van der Waals surface area contributed by atoms with E-state index >= 15 is 0 Å². The summed E-state index contributed by atoms with van der Waals surface area (Å²) in [4.78, 5) is 11.8. The van der Waals surface area contributed by atoms with Crippen LogP contribution in [0.25, 0.3) is 10.9 Å². The number of rotatable bonds is 1. The van der Waals surface area contributed by atoms with Gasteiger partial charge in [-0.1, -0.05) is 6.07 Å². The topological polar surface area (TPSA) is 57.2 Å². The zero-order chi connectivity index (χ0) is 12.0. The molecule has 0 fully saturated rings. The minimum Gasteiger partial charge on any atom is -0.492 e. The minimum absolute atomic E-state index is 0.0685. The molecule has 1 aliphatic heterocycles. The van der Waals surface area contributed by atoms with E-state index in [0.29, 0.717) is 0 Å². The van der Waals surface area contributed by atoms with Crippen LogP contribution in [0.3, 0.4) is 0 Å². The molecular formula is C13H14N2O2. The number of benzene rings is 1. The Morgan fingerprint density at radius 3 is 3.06 bits per heavy atom. The van der Waals surface area contributed by atoms with Crippen LogP contribution in [0.5, 0.6) is 5.75 Å². The molecule has 0 atom stereocenters. The fraction of sp³-hybridized carbons (Fsp3) is 0.308. The highest BCUT2D eigenvalue weighted by Gasteiger charge is 2.18. The maximum Gasteiger partial charge on any atom is 0.252 e. The Hall–Kier alpha value is -1.81. The fourth-order valence-corrected chi connectivity index (χ4v) is 2.56. The van der Waals surface area contributed by atoms with Gasteiger partial charge in [0.05, 0.1) is 18.8 Å². The molecule has 2 N–H and O–H groups in total. The van der Waals surface area contributed by atoms with Crippen LogP contribution in [-0.2, 0) is 13.1 Å². The van der Waals surface area contributed by atoms with E-state index in [9.17, 15) is 4.79 Å². The molecule has 4 nitrogen and oxygen atoms in total. The zero-order valence-corrected chi connectivity index (χ0v) is 9.69. The van der Waals surface area contributed by atoms with Crippen LogP contribution in [0.4, 0.5) is 0 Å². The van der Waals surface area contributed by atoms with Gasteiger partial charge in [0.15, 0.2) is 0 Å². The van der Waals surface area contributed by atoms with Crippen LogP contribution in [0.1, 0.15) is 11.1 Å². The molecule has 2 heterocycles.